The molecule has 2 aromatic carbocycles. The first-order chi connectivity index (χ1) is 14.0. The number of para-hydroxylation sites is 1. The molecule has 3 rings (SSSR count). The number of amides is 2. The van der Waals surface area contributed by atoms with Gasteiger partial charge in [-0.3, -0.25) is 9.59 Å². The number of quaternary nitrogens is 1. The maximum atomic E-state index is 12.4. The van der Waals surface area contributed by atoms with Gasteiger partial charge in [-0.1, -0.05) is 30.3 Å². The van der Waals surface area contributed by atoms with E-state index in [-0.39, 0.29) is 6.04 Å². The van der Waals surface area contributed by atoms with Crippen molar-refractivity contribution in [1.29, 1.82) is 0 Å². The number of hydrogen-bond acceptors (Lipinski definition) is 3. The summed E-state index contributed by atoms with van der Waals surface area (Å²) in [4.78, 5) is 28.3. The van der Waals surface area contributed by atoms with Gasteiger partial charge < -0.3 is 20.4 Å². The molecule has 0 saturated carbocycles. The molecule has 0 spiro atoms. The summed E-state index contributed by atoms with van der Waals surface area (Å²) in [6.07, 6.45) is 2.40. The maximum Gasteiger partial charge on any atom is 0.313 e. The van der Waals surface area contributed by atoms with Crippen molar-refractivity contribution in [1.82, 2.24) is 5.32 Å². The number of nitrogens with one attached hydrogen (secondary N) is 3. The Hall–Kier alpha value is -2.86. The van der Waals surface area contributed by atoms with Gasteiger partial charge in [0.1, 0.15) is 6.04 Å². The van der Waals surface area contributed by atoms with E-state index in [1.165, 1.54) is 23.3 Å². The second-order valence-corrected chi connectivity index (χ2v) is 7.88. The normalized spacial score (nSPS) is 15.0. The van der Waals surface area contributed by atoms with Crippen LogP contribution >= 0.6 is 0 Å². The molecule has 1 aliphatic heterocycles. The van der Waals surface area contributed by atoms with Gasteiger partial charge in [-0.2, -0.15) is 0 Å². The zero-order chi connectivity index (χ0) is 20.8. The summed E-state index contributed by atoms with van der Waals surface area (Å²) in [6.45, 7) is 4.52. The van der Waals surface area contributed by atoms with Crippen molar-refractivity contribution < 1.29 is 14.5 Å². The SMILES string of the molecule is Cc1ccccc1NC(=O)C(=O)NC[C@@H](c1ccc(N(C)C)cc1)[NH+]1CCCC1. The van der Waals surface area contributed by atoms with Crippen LogP contribution in [0.5, 0.6) is 0 Å². The van der Waals surface area contributed by atoms with E-state index < -0.39 is 11.8 Å². The van der Waals surface area contributed by atoms with Gasteiger partial charge in [0.2, 0.25) is 0 Å². The van der Waals surface area contributed by atoms with Gasteiger partial charge in [-0.05, 0) is 30.7 Å². The predicted octanol–water partition coefficient (Wildman–Crippen LogP) is 1.54. The molecule has 154 valence electrons. The van der Waals surface area contributed by atoms with Crippen LogP contribution in [0.25, 0.3) is 0 Å². The van der Waals surface area contributed by atoms with Crippen LogP contribution in [0.15, 0.2) is 48.5 Å². The zero-order valence-electron chi connectivity index (χ0n) is 17.5. The second-order valence-electron chi connectivity index (χ2n) is 7.88. The summed E-state index contributed by atoms with van der Waals surface area (Å²) in [6, 6.07) is 16.0. The lowest BCUT2D eigenvalue weighted by Crippen LogP contribution is -3.11. The van der Waals surface area contributed by atoms with Gasteiger partial charge in [0, 0.05) is 43.9 Å². The number of nitrogens with zero attached hydrogens (tertiary/aromatic N) is 1. The highest BCUT2D eigenvalue weighted by Crippen LogP contribution is 2.17. The van der Waals surface area contributed by atoms with Crippen LogP contribution in [-0.4, -0.2) is 45.5 Å². The van der Waals surface area contributed by atoms with Crippen molar-refractivity contribution in [3.63, 3.8) is 0 Å². The van der Waals surface area contributed by atoms with E-state index in [2.05, 4.69) is 39.8 Å². The Bertz CT molecular complexity index is 842. The number of rotatable bonds is 6. The topological polar surface area (TPSA) is 65.9 Å². The first-order valence-corrected chi connectivity index (χ1v) is 10.2. The third-order valence-corrected chi connectivity index (χ3v) is 5.62. The van der Waals surface area contributed by atoms with Crippen LogP contribution in [0.2, 0.25) is 0 Å². The summed E-state index contributed by atoms with van der Waals surface area (Å²) in [5.74, 6) is -1.22. The lowest BCUT2D eigenvalue weighted by atomic mass is 10.0. The minimum atomic E-state index is -0.627. The smallest absolute Gasteiger partial charge is 0.313 e. The summed E-state index contributed by atoms with van der Waals surface area (Å²) in [5, 5.41) is 5.55. The lowest BCUT2D eigenvalue weighted by Gasteiger charge is -2.25. The standard InChI is InChI=1S/C23H30N4O2/c1-17-8-4-5-9-20(17)25-23(29)22(28)24-16-21(27-14-6-7-15-27)18-10-12-19(13-11-18)26(2)3/h4-5,8-13,21H,6-7,14-16H2,1-3H3,(H,24,28)(H,25,29)/p+1/t21-/m0/s1. The van der Waals surface area contributed by atoms with Gasteiger partial charge in [0.25, 0.3) is 0 Å². The van der Waals surface area contributed by atoms with E-state index in [4.69, 9.17) is 0 Å². The average molecular weight is 396 g/mol. The van der Waals surface area contributed by atoms with Crippen molar-refractivity contribution in [2.24, 2.45) is 0 Å². The van der Waals surface area contributed by atoms with Crippen molar-refractivity contribution in [2.75, 3.05) is 43.9 Å². The number of carbonyl (C=O) groups excluding carboxylic acids is 2. The van der Waals surface area contributed by atoms with Crippen LogP contribution in [0.4, 0.5) is 11.4 Å². The molecule has 1 fully saturated rings. The Morgan fingerprint density at radius 2 is 1.66 bits per heavy atom. The molecule has 2 amide bonds. The largest absolute Gasteiger partial charge is 0.378 e. The van der Waals surface area contributed by atoms with E-state index in [0.717, 1.165) is 24.3 Å². The number of likely N-dealkylation sites (tertiary alicyclic amines) is 1. The van der Waals surface area contributed by atoms with E-state index in [0.29, 0.717) is 12.2 Å². The summed E-state index contributed by atoms with van der Waals surface area (Å²) >= 11 is 0. The fourth-order valence-electron chi connectivity index (χ4n) is 3.85. The molecule has 29 heavy (non-hydrogen) atoms. The number of aryl methyl sites for hydroxylation is 1. The molecule has 1 saturated heterocycles. The van der Waals surface area contributed by atoms with E-state index >= 15 is 0 Å². The molecule has 0 unspecified atom stereocenters. The van der Waals surface area contributed by atoms with Crippen LogP contribution < -0.4 is 20.4 Å². The van der Waals surface area contributed by atoms with E-state index in [9.17, 15) is 9.59 Å². The Morgan fingerprint density at radius 3 is 2.28 bits per heavy atom. The first-order valence-electron chi connectivity index (χ1n) is 10.2. The molecule has 0 radical (unpaired) electrons. The van der Waals surface area contributed by atoms with Gasteiger partial charge in [0.15, 0.2) is 0 Å². The highest BCUT2D eigenvalue weighted by atomic mass is 16.2. The van der Waals surface area contributed by atoms with Crippen molar-refractivity contribution in [3.05, 3.63) is 59.7 Å². The Balaban J connectivity index is 1.65. The minimum Gasteiger partial charge on any atom is -0.378 e. The first kappa shape index (κ1) is 20.9. The summed E-state index contributed by atoms with van der Waals surface area (Å²) in [7, 11) is 4.04. The number of anilines is 2. The Labute approximate surface area is 172 Å². The maximum absolute atomic E-state index is 12.4. The molecule has 3 N–H and O–H groups in total. The Morgan fingerprint density at radius 1 is 1.00 bits per heavy atom. The molecule has 6 heteroatoms. The van der Waals surface area contributed by atoms with Gasteiger partial charge >= 0.3 is 11.8 Å². The average Bonchev–Trinajstić information content (AvgIpc) is 3.24. The third kappa shape index (κ3) is 5.35. The van der Waals surface area contributed by atoms with Gasteiger partial charge in [-0.25, -0.2) is 0 Å². The molecule has 1 atom stereocenters. The van der Waals surface area contributed by atoms with Gasteiger partial charge in [-0.15, -0.1) is 0 Å². The number of benzene rings is 2. The highest BCUT2D eigenvalue weighted by molar-refractivity contribution is 6.39. The van der Waals surface area contributed by atoms with Crippen molar-refractivity contribution in [3.8, 4) is 0 Å². The predicted molar refractivity (Wildman–Crippen MR) is 116 cm³/mol. The fraction of sp³-hybridized carbons (Fsp3) is 0.391. The van der Waals surface area contributed by atoms with Crippen molar-refractivity contribution in [2.45, 2.75) is 25.8 Å². The minimum absolute atomic E-state index is 0.143. The number of hydrogen-bond donors (Lipinski definition) is 3. The van der Waals surface area contributed by atoms with Crippen molar-refractivity contribution >= 4 is 23.2 Å². The molecule has 2 aromatic rings. The summed E-state index contributed by atoms with van der Waals surface area (Å²) < 4.78 is 0. The molecule has 6 nitrogen and oxygen atoms in total. The summed E-state index contributed by atoms with van der Waals surface area (Å²) in [5.41, 5.74) is 3.92. The molecule has 0 bridgehead atoms. The third-order valence-electron chi connectivity index (χ3n) is 5.62. The second kappa shape index (κ2) is 9.56. The highest BCUT2D eigenvalue weighted by Gasteiger charge is 2.28. The molecular weight excluding hydrogens is 364 g/mol. The van der Waals surface area contributed by atoms with E-state index in [1.807, 2.05) is 39.2 Å². The van der Waals surface area contributed by atoms with Gasteiger partial charge in [0.05, 0.1) is 19.6 Å². The van der Waals surface area contributed by atoms with Crippen LogP contribution in [0.1, 0.15) is 30.0 Å². The molecule has 1 aliphatic rings. The quantitative estimate of drug-likeness (QED) is 0.650. The molecular formula is C23H31N4O2+. The molecule has 1 heterocycles. The number of carbonyl (C=O) groups is 2. The van der Waals surface area contributed by atoms with Crippen LogP contribution in [-0.2, 0) is 9.59 Å². The molecule has 0 aliphatic carbocycles. The lowest BCUT2D eigenvalue weighted by molar-refractivity contribution is -0.918. The zero-order valence-corrected chi connectivity index (χ0v) is 17.5. The fourth-order valence-corrected chi connectivity index (χ4v) is 3.85. The van der Waals surface area contributed by atoms with Crippen LogP contribution in [0, 0.1) is 6.92 Å². The molecule has 0 aromatic heterocycles. The Kier molecular flexibility index (Phi) is 6.88. The monoisotopic (exact) mass is 395 g/mol. The van der Waals surface area contributed by atoms with E-state index in [1.54, 1.807) is 6.07 Å². The van der Waals surface area contributed by atoms with Crippen LogP contribution in [0.3, 0.4) is 0 Å².